The molecular formula is C37H77ClI3N4O6V. The number of rotatable bonds is 8. The van der Waals surface area contributed by atoms with Crippen molar-refractivity contribution < 1.29 is 33.9 Å². The number of carbonyl (C=O) groups is 4. The molecule has 0 radical (unpaired) electrons. The Kier molecular flexibility index (Phi) is 46.8. The van der Waals surface area contributed by atoms with Crippen LogP contribution in [0.2, 0.25) is 0 Å². The predicted octanol–water partition coefficient (Wildman–Crippen LogP) is 9.29. The third kappa shape index (κ3) is 38.1. The summed E-state index contributed by atoms with van der Waals surface area (Å²) in [6.45, 7) is 8.87. The van der Waals surface area contributed by atoms with Gasteiger partial charge < -0.3 is 34.2 Å². The van der Waals surface area contributed by atoms with E-state index >= 15 is 0 Å². The van der Waals surface area contributed by atoms with Crippen LogP contribution < -0.4 is 0 Å². The number of ether oxygens (including phenoxy) is 1. The summed E-state index contributed by atoms with van der Waals surface area (Å²) in [5.41, 5.74) is 0. The van der Waals surface area contributed by atoms with Gasteiger partial charge >= 0.3 is 76.8 Å². The fourth-order valence-corrected chi connectivity index (χ4v) is 6.24. The summed E-state index contributed by atoms with van der Waals surface area (Å²) in [6.07, 6.45) is 12.3. The van der Waals surface area contributed by atoms with E-state index in [1.165, 1.54) is 33.0 Å². The molecule has 52 heavy (non-hydrogen) atoms. The second-order valence-corrected chi connectivity index (χ2v) is 49.3. The van der Waals surface area contributed by atoms with E-state index in [2.05, 4.69) is 112 Å². The number of aliphatic carboxylic acids is 1. The van der Waals surface area contributed by atoms with Crippen molar-refractivity contribution >= 4 is 95.0 Å². The van der Waals surface area contributed by atoms with Crippen LogP contribution in [0.15, 0.2) is 0 Å². The number of halogens is 4. The molecule has 0 aliphatic carbocycles. The number of aldehydes is 1. The summed E-state index contributed by atoms with van der Waals surface area (Å²) in [5.74, 6) is 1.46. The van der Waals surface area contributed by atoms with Crippen LogP contribution in [0.1, 0.15) is 107 Å². The maximum absolute atomic E-state index is 10.9. The van der Waals surface area contributed by atoms with Gasteiger partial charge in [0.15, 0.2) is 0 Å². The number of hydrogen-bond acceptors (Lipinski definition) is 9. The molecule has 0 spiro atoms. The Morgan fingerprint density at radius 3 is 1.15 bits per heavy atom. The Labute approximate surface area is 363 Å². The number of carboxylic acid groups (broad SMARTS) is 1. The molecule has 0 unspecified atom stereocenters. The Morgan fingerprint density at radius 2 is 0.904 bits per heavy atom. The average Bonchev–Trinajstić information content (AvgIpc) is 3.02. The van der Waals surface area contributed by atoms with Gasteiger partial charge in [-0.1, -0.05) is 29.7 Å². The van der Waals surface area contributed by atoms with Gasteiger partial charge in [-0.2, -0.15) is 0 Å². The molecule has 0 atom stereocenters. The Bertz CT molecular complexity index is 834. The SMILES string of the molecule is C.C.C.C.CN1CCC(CC(=O)Cl)CC1.CN1CCC(CC(=O)O)CC1.CN1CCC(CC=O)CC1.COC(=O)CC1CCN(C)CC1.[I][V]([I])[I]. The topological polar surface area (TPSA) is 111 Å². The van der Waals surface area contributed by atoms with Gasteiger partial charge in [-0.05, 0) is 167 Å². The van der Waals surface area contributed by atoms with E-state index in [-0.39, 0.29) is 45.8 Å². The molecule has 4 heterocycles. The standard InChI is InChI=1S/C9H17NO2.C8H14ClNO.C8H15NO2.C8H15NO.4CH4.3HI.V/c1-10-5-3-8(4-6-10)7-9(11)12-2;1-10-4-2-7(3-5-10)6-8(9)11;1-9-4-2-7(3-5-9)6-8(10)11;1-9-5-2-8(3-6-9)4-7-10;;;;;;;;/h8H,3-7H2,1-2H3;7H,2-6H2,1H3;7H,2-6H2,1H3,(H,10,11);7-8H,2-6H2,1H3;4*1H4;3*1H;/q;;;;;;;;;;;+3/p-3. The van der Waals surface area contributed by atoms with E-state index in [1.54, 1.807) is 0 Å². The minimum absolute atomic E-state index is 0. The first-order chi connectivity index (χ1) is 22.6. The van der Waals surface area contributed by atoms with Crippen LogP contribution in [-0.4, -0.2) is 136 Å². The number of carbonyl (C=O) groups excluding carboxylic acids is 3. The number of piperidine rings is 4. The van der Waals surface area contributed by atoms with Crippen molar-refractivity contribution in [3.05, 3.63) is 0 Å². The molecular weight excluding hydrogens is 1060 g/mol. The Morgan fingerprint density at radius 1 is 0.635 bits per heavy atom. The molecule has 0 aromatic rings. The molecule has 314 valence electrons. The van der Waals surface area contributed by atoms with Gasteiger partial charge in [0.05, 0.1) is 7.11 Å². The van der Waals surface area contributed by atoms with Gasteiger partial charge in [-0.15, -0.1) is 0 Å². The van der Waals surface area contributed by atoms with Gasteiger partial charge in [0.25, 0.3) is 0 Å². The summed E-state index contributed by atoms with van der Waals surface area (Å²) >= 11 is 12.7. The monoisotopic (exact) mass is 1140 g/mol. The number of esters is 1. The molecule has 4 saturated heterocycles. The fourth-order valence-electron chi connectivity index (χ4n) is 6.03. The third-order valence-electron chi connectivity index (χ3n) is 9.38. The van der Waals surface area contributed by atoms with E-state index in [1.807, 2.05) is 0 Å². The van der Waals surface area contributed by atoms with Crippen LogP contribution in [0.5, 0.6) is 0 Å². The van der Waals surface area contributed by atoms with E-state index in [4.69, 9.17) is 16.7 Å². The Balaban J connectivity index is -0.000000178. The fraction of sp³-hybridized carbons (Fsp3) is 0.892. The zero-order chi connectivity index (χ0) is 36.5. The molecule has 0 aromatic carbocycles. The summed E-state index contributed by atoms with van der Waals surface area (Å²) in [6, 6.07) is 0. The summed E-state index contributed by atoms with van der Waals surface area (Å²) in [7, 11) is 9.90. The maximum atomic E-state index is 10.9. The van der Waals surface area contributed by atoms with E-state index < -0.39 is 5.97 Å². The number of likely N-dealkylation sites (tertiary alicyclic amines) is 4. The van der Waals surface area contributed by atoms with Crippen LogP contribution >= 0.6 is 71.5 Å². The molecule has 15 heteroatoms. The van der Waals surface area contributed by atoms with Crippen molar-refractivity contribution in [2.45, 2.75) is 107 Å². The van der Waals surface area contributed by atoms with Crippen molar-refractivity contribution in [3.8, 4) is 0 Å². The molecule has 0 aromatic heterocycles. The van der Waals surface area contributed by atoms with Crippen molar-refractivity contribution in [1.82, 2.24) is 19.6 Å². The molecule has 0 saturated carbocycles. The van der Waals surface area contributed by atoms with Gasteiger partial charge in [-0.3, -0.25) is 14.4 Å². The van der Waals surface area contributed by atoms with E-state index in [0.29, 0.717) is 42.9 Å². The zero-order valence-electron chi connectivity index (χ0n) is 29.8. The second-order valence-electron chi connectivity index (χ2n) is 13.5. The van der Waals surface area contributed by atoms with Crippen LogP contribution in [0.25, 0.3) is 0 Å². The molecule has 0 bridgehead atoms. The number of nitrogens with zero attached hydrogens (tertiary/aromatic N) is 4. The van der Waals surface area contributed by atoms with Crippen molar-refractivity contribution in [2.24, 2.45) is 23.7 Å². The van der Waals surface area contributed by atoms with Crippen LogP contribution in [0, 0.1) is 23.7 Å². The van der Waals surface area contributed by atoms with E-state index in [9.17, 15) is 19.2 Å². The number of carboxylic acids is 1. The molecule has 4 aliphatic rings. The second kappa shape index (κ2) is 39.0. The first kappa shape index (κ1) is 62.4. The summed E-state index contributed by atoms with van der Waals surface area (Å²) < 4.78 is 4.63. The van der Waals surface area contributed by atoms with Crippen molar-refractivity contribution in [1.29, 1.82) is 0 Å². The van der Waals surface area contributed by atoms with Gasteiger partial charge in [0.1, 0.15) is 6.29 Å². The first-order valence-electron chi connectivity index (χ1n) is 17.1. The molecule has 4 rings (SSSR count). The average molecular weight is 1140 g/mol. The number of methoxy groups -OCH3 is 1. The van der Waals surface area contributed by atoms with Crippen molar-refractivity contribution in [3.63, 3.8) is 0 Å². The van der Waals surface area contributed by atoms with E-state index in [0.717, 1.165) is 90.5 Å². The van der Waals surface area contributed by atoms with Gasteiger partial charge in [-0.25, -0.2) is 0 Å². The molecule has 4 aliphatic heterocycles. The normalized spacial score (nSPS) is 19.2. The predicted molar refractivity (Wildman–Crippen MR) is 245 cm³/mol. The third-order valence-corrected chi connectivity index (χ3v) is 9.53. The molecule has 1 N–H and O–H groups in total. The summed E-state index contributed by atoms with van der Waals surface area (Å²) in [4.78, 5) is 50.8. The summed E-state index contributed by atoms with van der Waals surface area (Å²) in [5, 5.41) is 8.34. The van der Waals surface area contributed by atoms with Crippen LogP contribution in [0.4, 0.5) is 0 Å². The van der Waals surface area contributed by atoms with Gasteiger partial charge in [0, 0.05) is 25.7 Å². The minimum atomic E-state index is -0.653. The zero-order valence-corrected chi connectivity index (χ0v) is 38.4. The molecule has 10 nitrogen and oxygen atoms in total. The van der Waals surface area contributed by atoms with Crippen molar-refractivity contribution in [2.75, 3.05) is 87.7 Å². The van der Waals surface area contributed by atoms with Gasteiger partial charge in [0.2, 0.25) is 5.24 Å². The molecule has 0 amide bonds. The van der Waals surface area contributed by atoms with Crippen LogP contribution in [0.3, 0.4) is 0 Å². The quantitative estimate of drug-likeness (QED) is 0.109. The first-order valence-corrected chi connectivity index (χ1v) is 31.0. The Hall–Kier alpha value is 1.18. The number of hydrogen-bond donors (Lipinski definition) is 1. The molecule has 4 fully saturated rings. The van der Waals surface area contributed by atoms with Crippen LogP contribution in [-0.2, 0) is 28.8 Å².